The van der Waals surface area contributed by atoms with Gasteiger partial charge in [0.25, 0.3) is 0 Å². The molecule has 2 fully saturated rings. The van der Waals surface area contributed by atoms with Crippen LogP contribution < -0.4 is 5.73 Å². The van der Waals surface area contributed by atoms with E-state index in [1.807, 2.05) is 13.8 Å². The van der Waals surface area contributed by atoms with Crippen molar-refractivity contribution in [3.05, 3.63) is 0 Å². The van der Waals surface area contributed by atoms with Gasteiger partial charge in [-0.3, -0.25) is 9.59 Å². The minimum absolute atomic E-state index is 0.0140. The summed E-state index contributed by atoms with van der Waals surface area (Å²) in [5.41, 5.74) is 4.75. The number of nitrogens with zero attached hydrogens (tertiary/aromatic N) is 2. The van der Waals surface area contributed by atoms with Crippen LogP contribution in [0.15, 0.2) is 0 Å². The number of carbonyl (C=O) groups is 2. The Morgan fingerprint density at radius 1 is 1.20 bits per heavy atom. The minimum Gasteiger partial charge on any atom is -0.342 e. The molecule has 0 unspecified atom stereocenters. The van der Waals surface area contributed by atoms with Crippen molar-refractivity contribution >= 4 is 11.8 Å². The lowest BCUT2D eigenvalue weighted by Crippen LogP contribution is -2.66. The van der Waals surface area contributed by atoms with Gasteiger partial charge < -0.3 is 15.5 Å². The summed E-state index contributed by atoms with van der Waals surface area (Å²) in [7, 11) is 1.80. The molecule has 0 radical (unpaired) electrons. The van der Waals surface area contributed by atoms with Gasteiger partial charge in [-0.25, -0.2) is 0 Å². The normalized spacial score (nSPS) is 25.7. The molecule has 5 nitrogen and oxygen atoms in total. The van der Waals surface area contributed by atoms with E-state index in [0.717, 1.165) is 25.7 Å². The van der Waals surface area contributed by atoms with Crippen molar-refractivity contribution in [1.82, 2.24) is 9.80 Å². The second kappa shape index (κ2) is 5.35. The second-order valence-corrected chi connectivity index (χ2v) is 6.79. The molecule has 2 aliphatic rings. The van der Waals surface area contributed by atoms with Gasteiger partial charge in [0, 0.05) is 26.7 Å². The van der Waals surface area contributed by atoms with Crippen molar-refractivity contribution in [3.63, 3.8) is 0 Å². The van der Waals surface area contributed by atoms with Gasteiger partial charge in [0.05, 0.1) is 5.41 Å². The first-order valence-corrected chi connectivity index (χ1v) is 7.63. The van der Waals surface area contributed by atoms with Gasteiger partial charge in [-0.15, -0.1) is 0 Å². The summed E-state index contributed by atoms with van der Waals surface area (Å²) in [6, 6.07) is 0. The molecular formula is C15H27N3O2. The Hall–Kier alpha value is -1.10. The minimum atomic E-state index is -0.760. The van der Waals surface area contributed by atoms with E-state index in [2.05, 4.69) is 0 Å². The van der Waals surface area contributed by atoms with Crippen molar-refractivity contribution in [2.24, 2.45) is 11.1 Å². The summed E-state index contributed by atoms with van der Waals surface area (Å²) in [5, 5.41) is 0. The lowest BCUT2D eigenvalue weighted by molar-refractivity contribution is -0.164. The molecule has 1 saturated carbocycles. The summed E-state index contributed by atoms with van der Waals surface area (Å²) in [4.78, 5) is 28.9. The highest BCUT2D eigenvalue weighted by atomic mass is 16.2. The number of hydrogen-bond donors (Lipinski definition) is 1. The van der Waals surface area contributed by atoms with E-state index in [1.165, 1.54) is 6.42 Å². The second-order valence-electron chi connectivity index (χ2n) is 6.79. The van der Waals surface area contributed by atoms with Crippen LogP contribution in [-0.4, -0.2) is 53.8 Å². The summed E-state index contributed by atoms with van der Waals surface area (Å²) < 4.78 is 0. The van der Waals surface area contributed by atoms with Crippen molar-refractivity contribution in [2.45, 2.75) is 51.5 Å². The monoisotopic (exact) mass is 281 g/mol. The fourth-order valence-corrected chi connectivity index (χ4v) is 3.59. The third-order valence-electron chi connectivity index (χ3n) is 5.10. The molecule has 1 aliphatic heterocycles. The van der Waals surface area contributed by atoms with Crippen molar-refractivity contribution in [3.8, 4) is 0 Å². The molecule has 0 atom stereocenters. The van der Waals surface area contributed by atoms with Crippen LogP contribution in [0.25, 0.3) is 0 Å². The SMILES string of the molecule is CN1CCN(C(=O)C2(CN)CCCCC2)C(C)(C)C1=O. The molecule has 0 aromatic carbocycles. The van der Waals surface area contributed by atoms with Crippen molar-refractivity contribution in [2.75, 3.05) is 26.7 Å². The maximum Gasteiger partial charge on any atom is 0.247 e. The Kier molecular flexibility index (Phi) is 4.09. The average Bonchev–Trinajstić information content (AvgIpc) is 2.45. The third-order valence-corrected chi connectivity index (χ3v) is 5.10. The molecule has 0 aromatic heterocycles. The van der Waals surface area contributed by atoms with E-state index in [1.54, 1.807) is 16.8 Å². The van der Waals surface area contributed by atoms with Crippen molar-refractivity contribution in [1.29, 1.82) is 0 Å². The van der Waals surface area contributed by atoms with Gasteiger partial charge in [-0.05, 0) is 26.7 Å². The van der Waals surface area contributed by atoms with Gasteiger partial charge in [-0.2, -0.15) is 0 Å². The summed E-state index contributed by atoms with van der Waals surface area (Å²) in [6.45, 7) is 5.29. The molecule has 1 aliphatic carbocycles. The van der Waals surface area contributed by atoms with Crippen LogP contribution in [0.2, 0.25) is 0 Å². The predicted molar refractivity (Wildman–Crippen MR) is 78.0 cm³/mol. The van der Waals surface area contributed by atoms with Gasteiger partial charge in [0.1, 0.15) is 5.54 Å². The molecule has 2 rings (SSSR count). The molecule has 1 saturated heterocycles. The highest BCUT2D eigenvalue weighted by Crippen LogP contribution is 2.39. The number of likely N-dealkylation sites (N-methyl/N-ethyl adjacent to an activating group) is 1. The first-order chi connectivity index (χ1) is 9.35. The van der Waals surface area contributed by atoms with Gasteiger partial charge in [-0.1, -0.05) is 19.3 Å². The van der Waals surface area contributed by atoms with E-state index >= 15 is 0 Å². The largest absolute Gasteiger partial charge is 0.342 e. The zero-order valence-electron chi connectivity index (χ0n) is 12.9. The average molecular weight is 281 g/mol. The number of piperazine rings is 1. The first kappa shape index (κ1) is 15.3. The maximum atomic E-state index is 13.0. The van der Waals surface area contributed by atoms with Gasteiger partial charge in [0.15, 0.2) is 0 Å². The first-order valence-electron chi connectivity index (χ1n) is 7.63. The standard InChI is InChI=1S/C15H27N3O2/c1-14(2)12(19)17(3)9-10-18(14)13(20)15(11-16)7-5-4-6-8-15/h4-11,16H2,1-3H3. The van der Waals surface area contributed by atoms with E-state index in [-0.39, 0.29) is 11.8 Å². The molecule has 0 aromatic rings. The van der Waals surface area contributed by atoms with Gasteiger partial charge in [0.2, 0.25) is 11.8 Å². The third kappa shape index (κ3) is 2.32. The zero-order valence-corrected chi connectivity index (χ0v) is 12.9. The quantitative estimate of drug-likeness (QED) is 0.820. The smallest absolute Gasteiger partial charge is 0.247 e. The van der Waals surface area contributed by atoms with Crippen LogP contribution in [0, 0.1) is 5.41 Å². The maximum absolute atomic E-state index is 13.0. The van der Waals surface area contributed by atoms with Crippen LogP contribution in [0.5, 0.6) is 0 Å². The van der Waals surface area contributed by atoms with E-state index < -0.39 is 11.0 Å². The fraction of sp³-hybridized carbons (Fsp3) is 0.867. The number of carbonyl (C=O) groups excluding carboxylic acids is 2. The molecular weight excluding hydrogens is 254 g/mol. The molecule has 20 heavy (non-hydrogen) atoms. The summed E-state index contributed by atoms with van der Waals surface area (Å²) in [6.07, 6.45) is 5.02. The fourth-order valence-electron chi connectivity index (χ4n) is 3.59. The zero-order chi connectivity index (χ0) is 15.0. The lowest BCUT2D eigenvalue weighted by Gasteiger charge is -2.49. The van der Waals surface area contributed by atoms with E-state index in [0.29, 0.717) is 19.6 Å². The number of hydrogen-bond acceptors (Lipinski definition) is 3. The van der Waals surface area contributed by atoms with Crippen LogP contribution >= 0.6 is 0 Å². The Morgan fingerprint density at radius 2 is 1.80 bits per heavy atom. The number of nitrogens with two attached hydrogens (primary N) is 1. The summed E-state index contributed by atoms with van der Waals surface area (Å²) in [5.74, 6) is 0.103. The number of rotatable bonds is 2. The van der Waals surface area contributed by atoms with Crippen LogP contribution in [0.4, 0.5) is 0 Å². The Balaban J connectivity index is 2.25. The number of amides is 2. The molecule has 5 heteroatoms. The van der Waals surface area contributed by atoms with Crippen LogP contribution in [0.1, 0.15) is 46.0 Å². The van der Waals surface area contributed by atoms with Crippen LogP contribution in [-0.2, 0) is 9.59 Å². The van der Waals surface area contributed by atoms with Crippen molar-refractivity contribution < 1.29 is 9.59 Å². The van der Waals surface area contributed by atoms with E-state index in [4.69, 9.17) is 5.73 Å². The highest BCUT2D eigenvalue weighted by Gasteiger charge is 2.49. The Morgan fingerprint density at radius 3 is 2.35 bits per heavy atom. The topological polar surface area (TPSA) is 66.6 Å². The molecule has 0 spiro atoms. The molecule has 114 valence electrons. The van der Waals surface area contributed by atoms with E-state index in [9.17, 15) is 9.59 Å². The molecule has 0 bridgehead atoms. The molecule has 2 N–H and O–H groups in total. The molecule has 2 amide bonds. The highest BCUT2D eigenvalue weighted by molar-refractivity contribution is 5.93. The Bertz CT molecular complexity index is 400. The van der Waals surface area contributed by atoms with Gasteiger partial charge >= 0.3 is 0 Å². The Labute approximate surface area is 121 Å². The van der Waals surface area contributed by atoms with Crippen LogP contribution in [0.3, 0.4) is 0 Å². The summed E-state index contributed by atoms with van der Waals surface area (Å²) >= 11 is 0. The lowest BCUT2D eigenvalue weighted by atomic mass is 9.72. The predicted octanol–water partition coefficient (Wildman–Crippen LogP) is 0.975. The molecule has 1 heterocycles.